The fourth-order valence-corrected chi connectivity index (χ4v) is 1.93. The number of benzene rings is 2. The summed E-state index contributed by atoms with van der Waals surface area (Å²) in [6, 6.07) is 8.54. The highest BCUT2D eigenvalue weighted by Crippen LogP contribution is 2.27. The Kier molecular flexibility index (Phi) is 4.60. The molecule has 0 unspecified atom stereocenters. The second kappa shape index (κ2) is 6.22. The van der Waals surface area contributed by atoms with Crippen molar-refractivity contribution in [2.24, 2.45) is 0 Å². The molecule has 0 fully saturated rings. The number of halogens is 3. The van der Waals surface area contributed by atoms with Crippen LogP contribution in [0, 0.1) is 0 Å². The van der Waals surface area contributed by atoms with Gasteiger partial charge < -0.3 is 15.7 Å². The van der Waals surface area contributed by atoms with Crippen LogP contribution < -0.4 is 10.6 Å². The van der Waals surface area contributed by atoms with Gasteiger partial charge in [0.25, 0.3) is 0 Å². The number of nitrogens with one attached hydrogen (secondary N) is 2. The van der Waals surface area contributed by atoms with Crippen molar-refractivity contribution in [2.45, 2.75) is 0 Å². The van der Waals surface area contributed by atoms with Gasteiger partial charge in [0.2, 0.25) is 0 Å². The van der Waals surface area contributed by atoms with E-state index in [0.29, 0.717) is 20.8 Å². The van der Waals surface area contributed by atoms with E-state index in [4.69, 9.17) is 34.8 Å². The zero-order chi connectivity index (χ0) is 14.7. The van der Waals surface area contributed by atoms with E-state index in [1.165, 1.54) is 18.2 Å². The summed E-state index contributed by atoms with van der Waals surface area (Å²) < 4.78 is 0. The molecule has 2 amide bonds. The average molecular weight is 332 g/mol. The highest BCUT2D eigenvalue weighted by atomic mass is 35.5. The van der Waals surface area contributed by atoms with Crippen LogP contribution in [0.1, 0.15) is 0 Å². The van der Waals surface area contributed by atoms with Crippen molar-refractivity contribution in [3.05, 3.63) is 51.5 Å². The Morgan fingerprint density at radius 2 is 1.70 bits per heavy atom. The summed E-state index contributed by atoms with van der Waals surface area (Å²) in [5.41, 5.74) is 0.720. The number of amides is 2. The van der Waals surface area contributed by atoms with Gasteiger partial charge in [0.1, 0.15) is 5.75 Å². The molecule has 0 saturated heterocycles. The molecule has 2 rings (SSSR count). The van der Waals surface area contributed by atoms with Gasteiger partial charge in [-0.3, -0.25) is 0 Å². The van der Waals surface area contributed by atoms with Crippen LogP contribution in [0.3, 0.4) is 0 Å². The van der Waals surface area contributed by atoms with E-state index >= 15 is 0 Å². The van der Waals surface area contributed by atoms with Gasteiger partial charge in [-0.1, -0.05) is 34.8 Å². The lowest BCUT2D eigenvalue weighted by Gasteiger charge is -2.09. The predicted octanol–water partition coefficient (Wildman–Crippen LogP) is 5.00. The van der Waals surface area contributed by atoms with Crippen LogP contribution in [0.5, 0.6) is 5.75 Å². The van der Waals surface area contributed by atoms with Crippen molar-refractivity contribution >= 4 is 52.2 Å². The number of phenols is 1. The number of carbonyl (C=O) groups excluding carboxylic acids is 1. The number of hydrogen-bond acceptors (Lipinski definition) is 2. The van der Waals surface area contributed by atoms with E-state index in [2.05, 4.69) is 10.6 Å². The Labute approximate surface area is 130 Å². The van der Waals surface area contributed by atoms with Gasteiger partial charge in [-0.25, -0.2) is 4.79 Å². The molecule has 0 saturated carbocycles. The second-order valence-electron chi connectivity index (χ2n) is 3.87. The van der Waals surface area contributed by atoms with Gasteiger partial charge in [-0.15, -0.1) is 0 Å². The molecule has 0 aromatic heterocycles. The molecule has 0 atom stereocenters. The highest BCUT2D eigenvalue weighted by Gasteiger charge is 2.08. The Hall–Kier alpha value is -1.62. The van der Waals surface area contributed by atoms with Crippen LogP contribution in [0.4, 0.5) is 16.2 Å². The summed E-state index contributed by atoms with van der Waals surface area (Å²) in [5, 5.41) is 15.8. The Morgan fingerprint density at radius 1 is 0.950 bits per heavy atom. The van der Waals surface area contributed by atoms with Gasteiger partial charge in [-0.2, -0.15) is 0 Å². The summed E-state index contributed by atoms with van der Waals surface area (Å²) in [6.07, 6.45) is 0. The van der Waals surface area contributed by atoms with Crippen molar-refractivity contribution in [3.63, 3.8) is 0 Å². The molecular formula is C13H9Cl3N2O2. The van der Waals surface area contributed by atoms with Crippen molar-refractivity contribution in [2.75, 3.05) is 10.6 Å². The van der Waals surface area contributed by atoms with Gasteiger partial charge in [0.05, 0.1) is 15.7 Å². The fraction of sp³-hybridized carbons (Fsp3) is 0. The third-order valence-electron chi connectivity index (χ3n) is 2.39. The molecule has 7 heteroatoms. The summed E-state index contributed by atoms with van der Waals surface area (Å²) in [6.45, 7) is 0. The van der Waals surface area contributed by atoms with E-state index < -0.39 is 6.03 Å². The Bertz CT molecular complexity index is 662. The molecule has 0 radical (unpaired) electrons. The first-order chi connectivity index (χ1) is 9.45. The van der Waals surface area contributed by atoms with Crippen LogP contribution in [-0.2, 0) is 0 Å². The molecule has 0 aliphatic rings. The van der Waals surface area contributed by atoms with Crippen LogP contribution in [-0.4, -0.2) is 11.1 Å². The zero-order valence-corrected chi connectivity index (χ0v) is 12.2. The molecule has 0 heterocycles. The zero-order valence-electron chi connectivity index (χ0n) is 9.95. The maximum absolute atomic E-state index is 11.8. The molecule has 0 spiro atoms. The lowest BCUT2D eigenvalue weighted by molar-refractivity contribution is 0.262. The molecule has 3 N–H and O–H groups in total. The molecule has 4 nitrogen and oxygen atoms in total. The number of phenolic OH excluding ortho intramolecular Hbond substituents is 1. The first-order valence-electron chi connectivity index (χ1n) is 5.47. The van der Waals surface area contributed by atoms with Crippen LogP contribution in [0.2, 0.25) is 15.1 Å². The normalized spacial score (nSPS) is 10.2. The first kappa shape index (κ1) is 14.8. The van der Waals surface area contributed by atoms with E-state index in [1.807, 2.05) is 0 Å². The SMILES string of the molecule is O=C(Nc1ccc(Cl)c(Cl)c1)Nc1ccc(Cl)cc1O. The molecule has 104 valence electrons. The third-order valence-corrected chi connectivity index (χ3v) is 3.36. The monoisotopic (exact) mass is 330 g/mol. The molecular weight excluding hydrogens is 323 g/mol. The number of carbonyl (C=O) groups is 1. The molecule has 0 aliphatic heterocycles. The summed E-state index contributed by atoms with van der Waals surface area (Å²) in [4.78, 5) is 11.8. The van der Waals surface area contributed by atoms with Crippen molar-refractivity contribution in [1.29, 1.82) is 0 Å². The fourth-order valence-electron chi connectivity index (χ4n) is 1.47. The summed E-state index contributed by atoms with van der Waals surface area (Å²) >= 11 is 17.3. The number of urea groups is 1. The van der Waals surface area contributed by atoms with Crippen LogP contribution >= 0.6 is 34.8 Å². The minimum Gasteiger partial charge on any atom is -0.506 e. The highest BCUT2D eigenvalue weighted by molar-refractivity contribution is 6.42. The second-order valence-corrected chi connectivity index (χ2v) is 5.12. The maximum atomic E-state index is 11.8. The third kappa shape index (κ3) is 3.70. The van der Waals surface area contributed by atoms with Gasteiger partial charge >= 0.3 is 6.03 Å². The van der Waals surface area contributed by atoms with Crippen LogP contribution in [0.15, 0.2) is 36.4 Å². The lowest BCUT2D eigenvalue weighted by atomic mass is 10.3. The maximum Gasteiger partial charge on any atom is 0.323 e. The standard InChI is InChI=1S/C13H9Cl3N2O2/c14-7-1-4-11(12(19)5-7)18-13(20)17-8-2-3-9(15)10(16)6-8/h1-6,19H,(H2,17,18,20). The minimum atomic E-state index is -0.527. The van der Waals surface area contributed by atoms with Gasteiger partial charge in [0, 0.05) is 16.8 Å². The Balaban J connectivity index is 2.07. The van der Waals surface area contributed by atoms with E-state index in [9.17, 15) is 9.90 Å². The quantitative estimate of drug-likeness (QED) is 0.678. The Morgan fingerprint density at radius 3 is 2.35 bits per heavy atom. The topological polar surface area (TPSA) is 61.4 Å². The van der Waals surface area contributed by atoms with Gasteiger partial charge in [-0.05, 0) is 30.3 Å². The van der Waals surface area contributed by atoms with E-state index in [1.54, 1.807) is 18.2 Å². The number of hydrogen-bond donors (Lipinski definition) is 3. The molecule has 0 aliphatic carbocycles. The molecule has 2 aromatic carbocycles. The van der Waals surface area contributed by atoms with Crippen molar-refractivity contribution < 1.29 is 9.90 Å². The van der Waals surface area contributed by atoms with E-state index in [-0.39, 0.29) is 11.4 Å². The van der Waals surface area contributed by atoms with Crippen LogP contribution in [0.25, 0.3) is 0 Å². The average Bonchev–Trinajstić information content (AvgIpc) is 2.37. The van der Waals surface area contributed by atoms with E-state index in [0.717, 1.165) is 0 Å². The number of anilines is 2. The number of aromatic hydroxyl groups is 1. The summed E-state index contributed by atoms with van der Waals surface area (Å²) in [7, 11) is 0. The first-order valence-corrected chi connectivity index (χ1v) is 6.60. The molecule has 0 bridgehead atoms. The smallest absolute Gasteiger partial charge is 0.323 e. The van der Waals surface area contributed by atoms with Crippen molar-refractivity contribution in [1.82, 2.24) is 0 Å². The van der Waals surface area contributed by atoms with Gasteiger partial charge in [0.15, 0.2) is 0 Å². The number of rotatable bonds is 2. The summed E-state index contributed by atoms with van der Waals surface area (Å²) in [5.74, 6) is -0.123. The largest absolute Gasteiger partial charge is 0.506 e. The molecule has 20 heavy (non-hydrogen) atoms. The van der Waals surface area contributed by atoms with Crippen molar-refractivity contribution in [3.8, 4) is 5.75 Å². The molecule has 2 aromatic rings. The predicted molar refractivity (Wildman–Crippen MR) is 82.2 cm³/mol. The lowest BCUT2D eigenvalue weighted by Crippen LogP contribution is -2.19. The minimum absolute atomic E-state index is 0.123.